The highest BCUT2D eigenvalue weighted by Crippen LogP contribution is 2.49. The number of carbonyl (C=O) groups is 1. The molecule has 3 atom stereocenters. The van der Waals surface area contributed by atoms with Gasteiger partial charge in [-0.1, -0.05) is 42.3 Å². The standard InChI is InChI=1S/C23H26O2/c1-15-3-6-18(7-4-15)19-9-10-22(16(2)11-19)25-23(24)14-21-13-17-5-8-20(21)12-17/h3-4,6-7,9-11,17,20-21H,5,8,12-14H2,1-2H3/t17-,20+,21-/m1/s1. The number of carbonyl (C=O) groups excluding carboxylic acids is 1. The molecule has 2 aromatic rings. The van der Waals surface area contributed by atoms with Crippen LogP contribution in [-0.4, -0.2) is 5.97 Å². The molecule has 0 N–H and O–H groups in total. The Kier molecular flexibility index (Phi) is 4.37. The second-order valence-corrected chi connectivity index (χ2v) is 7.96. The third-order valence-corrected chi connectivity index (χ3v) is 6.10. The number of rotatable bonds is 4. The van der Waals surface area contributed by atoms with Crippen molar-refractivity contribution < 1.29 is 9.53 Å². The minimum atomic E-state index is -0.0660. The van der Waals surface area contributed by atoms with Gasteiger partial charge < -0.3 is 4.74 Å². The van der Waals surface area contributed by atoms with E-state index in [2.05, 4.69) is 37.3 Å². The molecule has 25 heavy (non-hydrogen) atoms. The molecule has 0 aromatic heterocycles. The lowest BCUT2D eigenvalue weighted by atomic mass is 9.86. The number of aryl methyl sites for hydroxylation is 2. The van der Waals surface area contributed by atoms with Crippen LogP contribution in [0.25, 0.3) is 11.1 Å². The largest absolute Gasteiger partial charge is 0.426 e. The van der Waals surface area contributed by atoms with E-state index in [1.807, 2.05) is 19.1 Å². The molecule has 0 saturated heterocycles. The zero-order valence-corrected chi connectivity index (χ0v) is 15.1. The molecular formula is C23H26O2. The van der Waals surface area contributed by atoms with Gasteiger partial charge in [0.05, 0.1) is 0 Å². The van der Waals surface area contributed by atoms with Crippen LogP contribution in [-0.2, 0) is 4.79 Å². The number of benzene rings is 2. The molecule has 2 aliphatic rings. The Morgan fingerprint density at radius 3 is 2.40 bits per heavy atom. The van der Waals surface area contributed by atoms with Gasteiger partial charge in [-0.2, -0.15) is 0 Å². The third-order valence-electron chi connectivity index (χ3n) is 6.10. The maximum absolute atomic E-state index is 12.4. The topological polar surface area (TPSA) is 26.3 Å². The SMILES string of the molecule is Cc1ccc(-c2ccc(OC(=O)C[C@H]3C[C@@H]4CC[C@H]3C4)c(C)c2)cc1. The van der Waals surface area contributed by atoms with E-state index in [0.29, 0.717) is 18.1 Å². The van der Waals surface area contributed by atoms with Gasteiger partial charge in [0.15, 0.2) is 0 Å². The van der Waals surface area contributed by atoms with Crippen LogP contribution in [0.15, 0.2) is 42.5 Å². The molecule has 2 aliphatic carbocycles. The first kappa shape index (κ1) is 16.4. The molecule has 0 heterocycles. The molecule has 0 radical (unpaired) electrons. The second-order valence-electron chi connectivity index (χ2n) is 7.96. The minimum absolute atomic E-state index is 0.0660. The fourth-order valence-corrected chi connectivity index (χ4v) is 4.69. The highest BCUT2D eigenvalue weighted by Gasteiger charge is 2.40. The highest BCUT2D eigenvalue weighted by atomic mass is 16.5. The van der Waals surface area contributed by atoms with Crippen molar-refractivity contribution in [3.8, 4) is 16.9 Å². The van der Waals surface area contributed by atoms with Gasteiger partial charge in [-0.15, -0.1) is 0 Å². The predicted octanol–water partition coefficient (Wildman–Crippen LogP) is 5.70. The van der Waals surface area contributed by atoms with Gasteiger partial charge >= 0.3 is 5.97 Å². The Balaban J connectivity index is 1.42. The maximum Gasteiger partial charge on any atom is 0.311 e. The minimum Gasteiger partial charge on any atom is -0.426 e. The van der Waals surface area contributed by atoms with Crippen molar-refractivity contribution in [3.05, 3.63) is 53.6 Å². The van der Waals surface area contributed by atoms with Crippen molar-refractivity contribution in [3.63, 3.8) is 0 Å². The monoisotopic (exact) mass is 334 g/mol. The summed E-state index contributed by atoms with van der Waals surface area (Å²) in [6.07, 6.45) is 5.83. The fraction of sp³-hybridized carbons (Fsp3) is 0.435. The van der Waals surface area contributed by atoms with Gasteiger partial charge in [0, 0.05) is 6.42 Å². The summed E-state index contributed by atoms with van der Waals surface area (Å²) in [5.74, 6) is 2.83. The highest BCUT2D eigenvalue weighted by molar-refractivity contribution is 5.74. The molecule has 2 aromatic carbocycles. The predicted molar refractivity (Wildman–Crippen MR) is 101 cm³/mol. The van der Waals surface area contributed by atoms with Gasteiger partial charge in [-0.25, -0.2) is 0 Å². The zero-order valence-electron chi connectivity index (χ0n) is 15.1. The van der Waals surface area contributed by atoms with Crippen LogP contribution in [0.4, 0.5) is 0 Å². The Hall–Kier alpha value is -2.09. The molecule has 2 heteroatoms. The van der Waals surface area contributed by atoms with Crippen LogP contribution in [0.5, 0.6) is 5.75 Å². The summed E-state index contributed by atoms with van der Waals surface area (Å²) in [6, 6.07) is 14.6. The van der Waals surface area contributed by atoms with Gasteiger partial charge in [0.25, 0.3) is 0 Å². The van der Waals surface area contributed by atoms with Gasteiger partial charge in [0.1, 0.15) is 5.75 Å². The van der Waals surface area contributed by atoms with Crippen molar-refractivity contribution in [2.45, 2.75) is 46.0 Å². The lowest BCUT2D eigenvalue weighted by molar-refractivity contribution is -0.135. The van der Waals surface area contributed by atoms with E-state index in [4.69, 9.17) is 4.74 Å². The van der Waals surface area contributed by atoms with E-state index in [1.165, 1.54) is 36.8 Å². The molecule has 0 amide bonds. The molecule has 4 rings (SSSR count). The van der Waals surface area contributed by atoms with Crippen molar-refractivity contribution >= 4 is 5.97 Å². The van der Waals surface area contributed by atoms with Gasteiger partial charge in [0.2, 0.25) is 0 Å². The van der Waals surface area contributed by atoms with Gasteiger partial charge in [-0.3, -0.25) is 4.79 Å². The van der Waals surface area contributed by atoms with Gasteiger partial charge in [-0.05, 0) is 79.7 Å². The van der Waals surface area contributed by atoms with Crippen LogP contribution in [0.2, 0.25) is 0 Å². The Morgan fingerprint density at radius 1 is 1.00 bits per heavy atom. The van der Waals surface area contributed by atoms with Crippen LogP contribution < -0.4 is 4.74 Å². The first-order valence-electron chi connectivity index (χ1n) is 9.47. The quantitative estimate of drug-likeness (QED) is 0.529. The summed E-state index contributed by atoms with van der Waals surface area (Å²) in [5, 5.41) is 0. The number of esters is 1. The molecular weight excluding hydrogens is 308 g/mol. The van der Waals surface area contributed by atoms with Crippen LogP contribution in [0, 0.1) is 31.6 Å². The first-order valence-corrected chi connectivity index (χ1v) is 9.47. The summed E-state index contributed by atoms with van der Waals surface area (Å²) in [6.45, 7) is 4.10. The van der Waals surface area contributed by atoms with Crippen molar-refractivity contribution in [2.24, 2.45) is 17.8 Å². The summed E-state index contributed by atoms with van der Waals surface area (Å²) in [5.41, 5.74) is 4.62. The lowest BCUT2D eigenvalue weighted by Crippen LogP contribution is -2.19. The molecule has 130 valence electrons. The molecule has 2 fully saturated rings. The normalized spacial score (nSPS) is 24.5. The fourth-order valence-electron chi connectivity index (χ4n) is 4.69. The summed E-state index contributed by atoms with van der Waals surface area (Å²) in [4.78, 5) is 12.4. The van der Waals surface area contributed by atoms with E-state index in [1.54, 1.807) is 0 Å². The smallest absolute Gasteiger partial charge is 0.311 e. The van der Waals surface area contributed by atoms with Crippen LogP contribution in [0.3, 0.4) is 0 Å². The van der Waals surface area contributed by atoms with E-state index in [-0.39, 0.29) is 5.97 Å². The maximum atomic E-state index is 12.4. The molecule has 0 spiro atoms. The third kappa shape index (κ3) is 3.49. The average molecular weight is 334 g/mol. The second kappa shape index (κ2) is 6.67. The molecule has 0 aliphatic heterocycles. The van der Waals surface area contributed by atoms with Crippen molar-refractivity contribution in [1.29, 1.82) is 0 Å². The molecule has 2 bridgehead atoms. The Labute approximate surface area is 150 Å². The number of hydrogen-bond donors (Lipinski definition) is 0. The lowest BCUT2D eigenvalue weighted by Gasteiger charge is -2.20. The Morgan fingerprint density at radius 2 is 1.76 bits per heavy atom. The summed E-state index contributed by atoms with van der Waals surface area (Å²) < 4.78 is 5.69. The van der Waals surface area contributed by atoms with E-state index in [0.717, 1.165) is 23.0 Å². The number of hydrogen-bond acceptors (Lipinski definition) is 2. The molecule has 2 nitrogen and oxygen atoms in total. The molecule has 0 unspecified atom stereocenters. The average Bonchev–Trinajstić information content (AvgIpc) is 3.20. The summed E-state index contributed by atoms with van der Waals surface area (Å²) in [7, 11) is 0. The van der Waals surface area contributed by atoms with E-state index >= 15 is 0 Å². The van der Waals surface area contributed by atoms with Crippen molar-refractivity contribution in [1.82, 2.24) is 0 Å². The number of ether oxygens (including phenoxy) is 1. The van der Waals surface area contributed by atoms with E-state index in [9.17, 15) is 4.79 Å². The molecule has 2 saturated carbocycles. The van der Waals surface area contributed by atoms with Crippen molar-refractivity contribution in [2.75, 3.05) is 0 Å². The van der Waals surface area contributed by atoms with Crippen LogP contribution >= 0.6 is 0 Å². The van der Waals surface area contributed by atoms with Crippen LogP contribution in [0.1, 0.15) is 43.2 Å². The zero-order chi connectivity index (χ0) is 17.4. The first-order chi connectivity index (χ1) is 12.1. The van der Waals surface area contributed by atoms with E-state index < -0.39 is 0 Å². The number of fused-ring (bicyclic) bond motifs is 2. The Bertz CT molecular complexity index is 775. The summed E-state index contributed by atoms with van der Waals surface area (Å²) >= 11 is 0.